The van der Waals surface area contributed by atoms with E-state index in [2.05, 4.69) is 5.32 Å². The van der Waals surface area contributed by atoms with Crippen molar-refractivity contribution in [2.45, 2.75) is 13.8 Å². The van der Waals surface area contributed by atoms with Crippen LogP contribution < -0.4 is 5.32 Å². The summed E-state index contributed by atoms with van der Waals surface area (Å²) < 4.78 is 5.19. The second-order valence-corrected chi connectivity index (χ2v) is 4.25. The summed E-state index contributed by atoms with van der Waals surface area (Å²) in [5.74, 6) is 0.449. The lowest BCUT2D eigenvalue weighted by molar-refractivity contribution is 0.102. The van der Waals surface area contributed by atoms with Crippen molar-refractivity contribution in [3.05, 3.63) is 52.4 Å². The molecule has 2 rings (SSSR count). The predicted octanol–water partition coefficient (Wildman–Crippen LogP) is 3.80. The Bertz CT molecular complexity index is 524. The third-order valence-corrected chi connectivity index (χ3v) is 2.74. The number of hydrogen-bond donors (Lipinski definition) is 1. The molecule has 2 aromatic rings. The van der Waals surface area contributed by atoms with Crippen LogP contribution in [0.4, 0.5) is 5.69 Å². The Morgan fingerprint density at radius 3 is 2.41 bits per heavy atom. The van der Waals surface area contributed by atoms with Crippen molar-refractivity contribution in [3.8, 4) is 0 Å². The molecule has 0 saturated heterocycles. The molecule has 0 bridgehead atoms. The van der Waals surface area contributed by atoms with Crippen LogP contribution in [-0.4, -0.2) is 5.91 Å². The largest absolute Gasteiger partial charge is 0.469 e. The van der Waals surface area contributed by atoms with Crippen LogP contribution >= 0.6 is 11.6 Å². The quantitative estimate of drug-likeness (QED) is 0.880. The predicted molar refractivity (Wildman–Crippen MR) is 67.6 cm³/mol. The highest BCUT2D eigenvalue weighted by atomic mass is 35.5. The highest BCUT2D eigenvalue weighted by Crippen LogP contribution is 2.19. The highest BCUT2D eigenvalue weighted by molar-refractivity contribution is 6.30. The number of carbonyl (C=O) groups is 1. The zero-order chi connectivity index (χ0) is 12.4. The summed E-state index contributed by atoms with van der Waals surface area (Å²) in [6, 6.07) is 6.97. The molecule has 0 unspecified atom stereocenters. The van der Waals surface area contributed by atoms with Crippen molar-refractivity contribution in [3.63, 3.8) is 0 Å². The Balaban J connectivity index is 2.20. The molecule has 1 heterocycles. The number of hydrogen-bond acceptors (Lipinski definition) is 2. The van der Waals surface area contributed by atoms with Gasteiger partial charge in [0.1, 0.15) is 5.76 Å². The van der Waals surface area contributed by atoms with Gasteiger partial charge in [-0.05, 0) is 38.1 Å². The first-order valence-electron chi connectivity index (χ1n) is 5.19. The summed E-state index contributed by atoms with van der Waals surface area (Å²) in [7, 11) is 0. The monoisotopic (exact) mass is 249 g/mol. The SMILES string of the molecule is Cc1coc(C)c1C(=O)Nc1ccc(Cl)cc1. The molecule has 17 heavy (non-hydrogen) atoms. The number of halogens is 1. The van der Waals surface area contributed by atoms with E-state index in [0.29, 0.717) is 22.0 Å². The Kier molecular flexibility index (Phi) is 3.20. The summed E-state index contributed by atoms with van der Waals surface area (Å²) >= 11 is 5.77. The molecule has 1 N–H and O–H groups in total. The molecule has 0 aliphatic carbocycles. The smallest absolute Gasteiger partial charge is 0.259 e. The number of furan rings is 1. The van der Waals surface area contributed by atoms with Crippen LogP contribution in [-0.2, 0) is 0 Å². The summed E-state index contributed by atoms with van der Waals surface area (Å²) in [5, 5.41) is 3.43. The Hall–Kier alpha value is -1.74. The Morgan fingerprint density at radius 2 is 1.88 bits per heavy atom. The number of carbonyl (C=O) groups excluding carboxylic acids is 1. The van der Waals surface area contributed by atoms with Crippen LogP contribution in [0.1, 0.15) is 21.7 Å². The van der Waals surface area contributed by atoms with Gasteiger partial charge in [0.15, 0.2) is 0 Å². The summed E-state index contributed by atoms with van der Waals surface area (Å²) in [6.07, 6.45) is 1.58. The molecule has 3 nitrogen and oxygen atoms in total. The van der Waals surface area contributed by atoms with E-state index in [4.69, 9.17) is 16.0 Å². The van der Waals surface area contributed by atoms with Gasteiger partial charge >= 0.3 is 0 Å². The van der Waals surface area contributed by atoms with Gasteiger partial charge in [0.25, 0.3) is 5.91 Å². The average Bonchev–Trinajstić information content (AvgIpc) is 2.62. The van der Waals surface area contributed by atoms with Crippen molar-refractivity contribution < 1.29 is 9.21 Å². The first kappa shape index (κ1) is 11.7. The molecular weight excluding hydrogens is 238 g/mol. The molecule has 4 heteroatoms. The molecule has 0 atom stereocenters. The number of amides is 1. The second kappa shape index (κ2) is 4.63. The fourth-order valence-electron chi connectivity index (χ4n) is 1.64. The van der Waals surface area contributed by atoms with Crippen LogP contribution in [0.25, 0.3) is 0 Å². The van der Waals surface area contributed by atoms with Crippen molar-refractivity contribution in [2.75, 3.05) is 5.32 Å². The van der Waals surface area contributed by atoms with Gasteiger partial charge in [-0.2, -0.15) is 0 Å². The maximum absolute atomic E-state index is 12.0. The number of rotatable bonds is 2. The van der Waals surface area contributed by atoms with E-state index >= 15 is 0 Å². The lowest BCUT2D eigenvalue weighted by Crippen LogP contribution is -2.13. The van der Waals surface area contributed by atoms with E-state index in [1.54, 1.807) is 37.5 Å². The normalized spacial score (nSPS) is 10.3. The lowest BCUT2D eigenvalue weighted by atomic mass is 10.1. The van der Waals surface area contributed by atoms with Gasteiger partial charge in [-0.15, -0.1) is 0 Å². The van der Waals surface area contributed by atoms with Gasteiger partial charge in [0, 0.05) is 16.3 Å². The zero-order valence-corrected chi connectivity index (χ0v) is 10.3. The average molecular weight is 250 g/mol. The lowest BCUT2D eigenvalue weighted by Gasteiger charge is -2.05. The molecule has 0 radical (unpaired) electrons. The molecule has 1 amide bonds. The van der Waals surface area contributed by atoms with E-state index in [0.717, 1.165) is 5.56 Å². The maximum atomic E-state index is 12.0. The van der Waals surface area contributed by atoms with Crippen LogP contribution in [0.3, 0.4) is 0 Å². The molecule has 0 spiro atoms. The molecule has 0 fully saturated rings. The zero-order valence-electron chi connectivity index (χ0n) is 9.58. The number of aryl methyl sites for hydroxylation is 2. The highest BCUT2D eigenvalue weighted by Gasteiger charge is 2.15. The van der Waals surface area contributed by atoms with Gasteiger partial charge in [-0.3, -0.25) is 4.79 Å². The van der Waals surface area contributed by atoms with Crippen LogP contribution in [0.2, 0.25) is 5.02 Å². The maximum Gasteiger partial charge on any atom is 0.259 e. The Morgan fingerprint density at radius 1 is 1.24 bits per heavy atom. The standard InChI is InChI=1S/C13H12ClNO2/c1-8-7-17-9(2)12(8)13(16)15-11-5-3-10(14)4-6-11/h3-7H,1-2H3,(H,15,16). The van der Waals surface area contributed by atoms with E-state index < -0.39 is 0 Å². The molecular formula is C13H12ClNO2. The number of anilines is 1. The third-order valence-electron chi connectivity index (χ3n) is 2.49. The van der Waals surface area contributed by atoms with Crippen LogP contribution in [0.15, 0.2) is 34.9 Å². The van der Waals surface area contributed by atoms with Gasteiger partial charge in [0.05, 0.1) is 11.8 Å². The summed E-state index contributed by atoms with van der Waals surface area (Å²) in [4.78, 5) is 12.0. The molecule has 0 aliphatic heterocycles. The Labute approximate surface area is 104 Å². The van der Waals surface area contributed by atoms with Crippen molar-refractivity contribution in [2.24, 2.45) is 0 Å². The number of nitrogens with one attached hydrogen (secondary N) is 1. The first-order chi connectivity index (χ1) is 8.08. The van der Waals surface area contributed by atoms with E-state index in [-0.39, 0.29) is 5.91 Å². The minimum atomic E-state index is -0.170. The second-order valence-electron chi connectivity index (χ2n) is 3.81. The van der Waals surface area contributed by atoms with Gasteiger partial charge < -0.3 is 9.73 Å². The van der Waals surface area contributed by atoms with Crippen LogP contribution in [0.5, 0.6) is 0 Å². The van der Waals surface area contributed by atoms with E-state index in [1.165, 1.54) is 0 Å². The van der Waals surface area contributed by atoms with Crippen molar-refractivity contribution >= 4 is 23.2 Å². The molecule has 1 aromatic heterocycles. The van der Waals surface area contributed by atoms with Crippen molar-refractivity contribution in [1.82, 2.24) is 0 Å². The topological polar surface area (TPSA) is 42.2 Å². The molecule has 88 valence electrons. The molecule has 1 aromatic carbocycles. The van der Waals surface area contributed by atoms with Gasteiger partial charge in [0.2, 0.25) is 0 Å². The first-order valence-corrected chi connectivity index (χ1v) is 5.57. The van der Waals surface area contributed by atoms with Gasteiger partial charge in [-0.1, -0.05) is 11.6 Å². The molecule has 0 aliphatic rings. The third kappa shape index (κ3) is 2.50. The van der Waals surface area contributed by atoms with Crippen molar-refractivity contribution in [1.29, 1.82) is 0 Å². The number of benzene rings is 1. The minimum absolute atomic E-state index is 0.170. The van der Waals surface area contributed by atoms with Crippen LogP contribution in [0, 0.1) is 13.8 Å². The van der Waals surface area contributed by atoms with E-state index in [1.807, 2.05) is 6.92 Å². The summed E-state index contributed by atoms with van der Waals surface area (Å²) in [5.41, 5.74) is 2.12. The van der Waals surface area contributed by atoms with Gasteiger partial charge in [-0.25, -0.2) is 0 Å². The fraction of sp³-hybridized carbons (Fsp3) is 0.154. The molecule has 0 saturated carbocycles. The fourth-order valence-corrected chi connectivity index (χ4v) is 1.76. The van der Waals surface area contributed by atoms with E-state index in [9.17, 15) is 4.79 Å². The summed E-state index contributed by atoms with van der Waals surface area (Å²) in [6.45, 7) is 3.61. The minimum Gasteiger partial charge on any atom is -0.469 e.